The van der Waals surface area contributed by atoms with Crippen LogP contribution < -0.4 is 0 Å². The second-order valence-electron chi connectivity index (χ2n) is 3.22. The molecule has 50 valence electrons. The first-order valence-electron chi connectivity index (χ1n) is 3.76. The van der Waals surface area contributed by atoms with Crippen LogP contribution in [0.5, 0.6) is 0 Å². The molecule has 9 heavy (non-hydrogen) atoms. The Balaban J connectivity index is 2.13. The first kappa shape index (κ1) is 5.33. The lowest BCUT2D eigenvalue weighted by Crippen LogP contribution is -1.96. The molecule has 0 aromatic carbocycles. The second-order valence-corrected chi connectivity index (χ2v) is 3.22. The van der Waals surface area contributed by atoms with E-state index in [1.165, 1.54) is 19.3 Å². The van der Waals surface area contributed by atoms with E-state index in [0.717, 1.165) is 18.3 Å². The molecule has 0 aromatic heterocycles. The number of hydrogen-bond acceptors (Lipinski definition) is 1. The van der Waals surface area contributed by atoms with Crippen LogP contribution in [0, 0.1) is 11.8 Å². The number of hydrogen-bond donors (Lipinski definition) is 1. The highest BCUT2D eigenvalue weighted by Crippen LogP contribution is 2.41. The highest BCUT2D eigenvalue weighted by Gasteiger charge is 2.31. The maximum absolute atomic E-state index is 9.10. The van der Waals surface area contributed by atoms with Gasteiger partial charge in [0.2, 0.25) is 0 Å². The molecular weight excluding hydrogens is 112 g/mol. The predicted molar refractivity (Wildman–Crippen MR) is 36.2 cm³/mol. The molecule has 0 bridgehead atoms. The van der Waals surface area contributed by atoms with Crippen molar-refractivity contribution in [3.63, 3.8) is 0 Å². The fourth-order valence-corrected chi connectivity index (χ4v) is 2.12. The first-order chi connectivity index (χ1) is 4.36. The third-order valence-corrected chi connectivity index (χ3v) is 2.60. The monoisotopic (exact) mass is 124 g/mol. The van der Waals surface area contributed by atoms with Gasteiger partial charge in [0, 0.05) is 6.42 Å². The van der Waals surface area contributed by atoms with E-state index in [1.54, 1.807) is 0 Å². The number of aliphatic hydroxyl groups excluding tert-OH is 1. The second kappa shape index (κ2) is 1.76. The summed E-state index contributed by atoms with van der Waals surface area (Å²) in [7, 11) is 0. The van der Waals surface area contributed by atoms with Crippen LogP contribution in [-0.2, 0) is 0 Å². The summed E-state index contributed by atoms with van der Waals surface area (Å²) in [6.45, 7) is 0. The third kappa shape index (κ3) is 0.752. The van der Waals surface area contributed by atoms with Gasteiger partial charge in [-0.1, -0.05) is 6.42 Å². The molecule has 0 spiro atoms. The lowest BCUT2D eigenvalue weighted by Gasteiger charge is -2.04. The quantitative estimate of drug-likeness (QED) is 0.525. The van der Waals surface area contributed by atoms with Gasteiger partial charge >= 0.3 is 0 Å². The Morgan fingerprint density at radius 2 is 2.33 bits per heavy atom. The van der Waals surface area contributed by atoms with Gasteiger partial charge < -0.3 is 5.11 Å². The Labute approximate surface area is 55.4 Å². The smallest absolute Gasteiger partial charge is 0.0888 e. The number of aliphatic hydroxyl groups is 1. The van der Waals surface area contributed by atoms with Crippen LogP contribution in [0.1, 0.15) is 25.7 Å². The van der Waals surface area contributed by atoms with E-state index >= 15 is 0 Å². The molecule has 1 N–H and O–H groups in total. The van der Waals surface area contributed by atoms with E-state index in [0.29, 0.717) is 5.76 Å². The average molecular weight is 124 g/mol. The van der Waals surface area contributed by atoms with E-state index < -0.39 is 0 Å². The molecule has 1 nitrogen and oxygen atoms in total. The Morgan fingerprint density at radius 3 is 3.11 bits per heavy atom. The van der Waals surface area contributed by atoms with E-state index in [1.807, 2.05) is 0 Å². The topological polar surface area (TPSA) is 20.2 Å². The first-order valence-corrected chi connectivity index (χ1v) is 3.76. The van der Waals surface area contributed by atoms with Gasteiger partial charge in [-0.25, -0.2) is 0 Å². The molecule has 1 saturated carbocycles. The van der Waals surface area contributed by atoms with Gasteiger partial charge in [0.25, 0.3) is 0 Å². The van der Waals surface area contributed by atoms with Crippen molar-refractivity contribution < 1.29 is 5.11 Å². The molecule has 2 rings (SSSR count). The van der Waals surface area contributed by atoms with Crippen LogP contribution >= 0.6 is 0 Å². The van der Waals surface area contributed by atoms with E-state index in [9.17, 15) is 0 Å². The molecule has 2 atom stereocenters. The third-order valence-electron chi connectivity index (χ3n) is 2.60. The molecule has 0 radical (unpaired) electrons. The van der Waals surface area contributed by atoms with Crippen molar-refractivity contribution in [3.05, 3.63) is 11.8 Å². The molecular formula is C8H12O. The number of rotatable bonds is 0. The summed E-state index contributed by atoms with van der Waals surface area (Å²) in [5.74, 6) is 2.19. The van der Waals surface area contributed by atoms with Crippen molar-refractivity contribution in [2.75, 3.05) is 0 Å². The number of allylic oxidation sites excluding steroid dienone is 2. The maximum Gasteiger partial charge on any atom is 0.0888 e. The van der Waals surface area contributed by atoms with Gasteiger partial charge in [-0.05, 0) is 30.8 Å². The zero-order valence-electron chi connectivity index (χ0n) is 5.51. The highest BCUT2D eigenvalue weighted by molar-refractivity contribution is 5.08. The summed E-state index contributed by atoms with van der Waals surface area (Å²) in [5.41, 5.74) is 0. The molecule has 1 fully saturated rings. The zero-order valence-corrected chi connectivity index (χ0v) is 5.51. The van der Waals surface area contributed by atoms with Gasteiger partial charge in [0.15, 0.2) is 0 Å². The minimum absolute atomic E-state index is 0.643. The minimum Gasteiger partial charge on any atom is -0.513 e. The summed E-state index contributed by atoms with van der Waals surface area (Å²) in [6.07, 6.45) is 7.04. The van der Waals surface area contributed by atoms with Gasteiger partial charge in [-0.15, -0.1) is 0 Å². The molecule has 0 heterocycles. The Morgan fingerprint density at radius 1 is 1.44 bits per heavy atom. The van der Waals surface area contributed by atoms with Gasteiger partial charge in [-0.3, -0.25) is 0 Å². The van der Waals surface area contributed by atoms with Crippen LogP contribution in [0.4, 0.5) is 0 Å². The Bertz CT molecular complexity index is 149. The van der Waals surface area contributed by atoms with Gasteiger partial charge in [-0.2, -0.15) is 0 Å². The zero-order chi connectivity index (χ0) is 6.27. The summed E-state index contributed by atoms with van der Waals surface area (Å²) in [4.78, 5) is 0. The van der Waals surface area contributed by atoms with Crippen LogP contribution in [0.2, 0.25) is 0 Å². The Kier molecular flexibility index (Phi) is 1.04. The fraction of sp³-hybridized carbons (Fsp3) is 0.750. The van der Waals surface area contributed by atoms with Crippen LogP contribution in [0.15, 0.2) is 11.8 Å². The summed E-state index contributed by atoms with van der Waals surface area (Å²) < 4.78 is 0. The van der Waals surface area contributed by atoms with Crippen molar-refractivity contribution in [2.24, 2.45) is 11.8 Å². The van der Waals surface area contributed by atoms with E-state index in [-0.39, 0.29) is 0 Å². The number of fused-ring (bicyclic) bond motifs is 1. The molecule has 0 amide bonds. The molecule has 0 aliphatic heterocycles. The Hall–Kier alpha value is -0.460. The maximum atomic E-state index is 9.10. The lowest BCUT2D eigenvalue weighted by atomic mass is 10.0. The predicted octanol–water partition coefficient (Wildman–Crippen LogP) is 2.25. The SMILES string of the molecule is OC1=C[C@H]2CCC[C@@H]2C1. The van der Waals surface area contributed by atoms with Crippen molar-refractivity contribution in [1.29, 1.82) is 0 Å². The van der Waals surface area contributed by atoms with Gasteiger partial charge in [0.1, 0.15) is 0 Å². The average Bonchev–Trinajstić information content (AvgIpc) is 2.22. The normalized spacial score (nSPS) is 40.7. The summed E-state index contributed by atoms with van der Waals surface area (Å²) >= 11 is 0. The lowest BCUT2D eigenvalue weighted by molar-refractivity contribution is 0.370. The van der Waals surface area contributed by atoms with Crippen LogP contribution in [-0.4, -0.2) is 5.11 Å². The highest BCUT2D eigenvalue weighted by atomic mass is 16.3. The summed E-state index contributed by atoms with van der Waals surface area (Å²) in [5, 5.41) is 9.10. The minimum atomic E-state index is 0.643. The van der Waals surface area contributed by atoms with Crippen LogP contribution in [0.3, 0.4) is 0 Å². The largest absolute Gasteiger partial charge is 0.513 e. The molecule has 0 saturated heterocycles. The summed E-state index contributed by atoms with van der Waals surface area (Å²) in [6, 6.07) is 0. The van der Waals surface area contributed by atoms with Crippen molar-refractivity contribution in [3.8, 4) is 0 Å². The van der Waals surface area contributed by atoms with E-state index in [2.05, 4.69) is 6.08 Å². The fourth-order valence-electron chi connectivity index (χ4n) is 2.12. The molecule has 2 aliphatic rings. The molecule has 0 unspecified atom stereocenters. The van der Waals surface area contributed by atoms with Crippen molar-refractivity contribution in [2.45, 2.75) is 25.7 Å². The molecule has 2 aliphatic carbocycles. The van der Waals surface area contributed by atoms with Crippen molar-refractivity contribution in [1.82, 2.24) is 0 Å². The van der Waals surface area contributed by atoms with E-state index in [4.69, 9.17) is 5.11 Å². The van der Waals surface area contributed by atoms with Crippen LogP contribution in [0.25, 0.3) is 0 Å². The standard InChI is InChI=1S/C8H12O/c9-8-4-6-2-1-3-7(6)5-8/h4,6-7,9H,1-3,5H2/t6-,7-/m1/s1. The van der Waals surface area contributed by atoms with Gasteiger partial charge in [0.05, 0.1) is 5.76 Å². The molecule has 0 aromatic rings. The molecule has 1 heteroatoms. The van der Waals surface area contributed by atoms with Crippen molar-refractivity contribution >= 4 is 0 Å².